The number of aromatic hydroxyl groups is 1. The van der Waals surface area contributed by atoms with Gasteiger partial charge >= 0.3 is 6.03 Å². The molecule has 0 saturated carbocycles. The van der Waals surface area contributed by atoms with Crippen molar-refractivity contribution in [3.63, 3.8) is 0 Å². The van der Waals surface area contributed by atoms with Crippen LogP contribution < -0.4 is 25.6 Å². The van der Waals surface area contributed by atoms with Crippen LogP contribution in [0.2, 0.25) is 0 Å². The van der Waals surface area contributed by atoms with E-state index < -0.39 is 0 Å². The molecule has 0 bridgehead atoms. The second-order valence-corrected chi connectivity index (χ2v) is 5.69. The second kappa shape index (κ2) is 10.1. The van der Waals surface area contributed by atoms with Crippen LogP contribution in [0.1, 0.15) is 12.5 Å². The number of anilines is 1. The Kier molecular flexibility index (Phi) is 7.57. The molecule has 8 nitrogen and oxygen atoms in total. The number of rotatable bonds is 9. The number of carbonyl (C=O) groups is 1. The van der Waals surface area contributed by atoms with Crippen LogP contribution in [-0.2, 0) is 6.54 Å². The van der Waals surface area contributed by atoms with Crippen LogP contribution in [0.3, 0.4) is 0 Å². The molecule has 2 rings (SSSR count). The number of hydrogen-bond donors (Lipinski definition) is 4. The SMILES string of the molecule is CCN(CNCc1cc(OC)ccc1OC)C(=O)NNc1ccccc1O. The number of phenols is 1. The van der Waals surface area contributed by atoms with Gasteiger partial charge in [-0.25, -0.2) is 4.79 Å². The van der Waals surface area contributed by atoms with E-state index in [0.29, 0.717) is 25.4 Å². The van der Waals surface area contributed by atoms with Crippen molar-refractivity contribution >= 4 is 11.7 Å². The Bertz CT molecular complexity index is 754. The van der Waals surface area contributed by atoms with Gasteiger partial charge in [0.1, 0.15) is 17.2 Å². The van der Waals surface area contributed by atoms with Crippen molar-refractivity contribution in [2.24, 2.45) is 0 Å². The predicted molar refractivity (Wildman–Crippen MR) is 104 cm³/mol. The van der Waals surface area contributed by atoms with Crippen LogP contribution in [0, 0.1) is 0 Å². The van der Waals surface area contributed by atoms with Gasteiger partial charge in [0, 0.05) is 18.7 Å². The molecular weight excluding hydrogens is 348 g/mol. The number of hydrogen-bond acceptors (Lipinski definition) is 6. The lowest BCUT2D eigenvalue weighted by atomic mass is 10.2. The van der Waals surface area contributed by atoms with Gasteiger partial charge in [0.15, 0.2) is 0 Å². The van der Waals surface area contributed by atoms with Crippen molar-refractivity contribution < 1.29 is 19.4 Å². The van der Waals surface area contributed by atoms with Crippen LogP contribution in [-0.4, -0.2) is 43.5 Å². The lowest BCUT2D eigenvalue weighted by molar-refractivity contribution is 0.198. The fourth-order valence-corrected chi connectivity index (χ4v) is 2.45. The van der Waals surface area contributed by atoms with E-state index in [0.717, 1.165) is 17.1 Å². The number of hydrazine groups is 1. The minimum Gasteiger partial charge on any atom is -0.506 e. The van der Waals surface area contributed by atoms with Gasteiger partial charge in [-0.1, -0.05) is 12.1 Å². The number of carbonyl (C=O) groups excluding carboxylic acids is 1. The highest BCUT2D eigenvalue weighted by atomic mass is 16.5. The van der Waals surface area contributed by atoms with E-state index in [4.69, 9.17) is 9.47 Å². The molecule has 0 saturated heterocycles. The number of amides is 2. The molecular formula is C19H26N4O4. The van der Waals surface area contributed by atoms with E-state index in [-0.39, 0.29) is 11.8 Å². The summed E-state index contributed by atoms with van der Waals surface area (Å²) >= 11 is 0. The molecule has 8 heteroatoms. The maximum Gasteiger partial charge on any atom is 0.337 e. The molecule has 2 aromatic rings. The average Bonchev–Trinajstić information content (AvgIpc) is 2.70. The minimum atomic E-state index is -0.314. The molecule has 0 aromatic heterocycles. The maximum absolute atomic E-state index is 12.3. The summed E-state index contributed by atoms with van der Waals surface area (Å²) in [6.45, 7) is 3.24. The van der Waals surface area contributed by atoms with Crippen molar-refractivity contribution in [3.8, 4) is 17.2 Å². The first-order chi connectivity index (χ1) is 13.1. The minimum absolute atomic E-state index is 0.0593. The highest BCUT2D eigenvalue weighted by Crippen LogP contribution is 2.23. The molecule has 0 fully saturated rings. The van der Waals surface area contributed by atoms with Crippen molar-refractivity contribution in [3.05, 3.63) is 48.0 Å². The zero-order chi connectivity index (χ0) is 19.6. The van der Waals surface area contributed by atoms with Gasteiger partial charge < -0.3 is 19.5 Å². The highest BCUT2D eigenvalue weighted by Gasteiger charge is 2.12. The molecule has 27 heavy (non-hydrogen) atoms. The third kappa shape index (κ3) is 5.68. The molecule has 0 spiro atoms. The van der Waals surface area contributed by atoms with Gasteiger partial charge in [0.25, 0.3) is 0 Å². The first-order valence-electron chi connectivity index (χ1n) is 8.59. The summed E-state index contributed by atoms with van der Waals surface area (Å²) < 4.78 is 10.6. The predicted octanol–water partition coefficient (Wildman–Crippen LogP) is 2.52. The Labute approximate surface area is 159 Å². The Morgan fingerprint density at radius 2 is 1.93 bits per heavy atom. The van der Waals surface area contributed by atoms with Crippen molar-refractivity contribution in [2.75, 3.05) is 32.9 Å². The Morgan fingerprint density at radius 1 is 1.15 bits per heavy atom. The van der Waals surface area contributed by atoms with Crippen LogP contribution >= 0.6 is 0 Å². The number of nitrogens with zero attached hydrogens (tertiary/aromatic N) is 1. The number of phenolic OH excluding ortho intramolecular Hbond substituents is 1. The molecule has 0 radical (unpaired) electrons. The Balaban J connectivity index is 1.88. The van der Waals surface area contributed by atoms with Crippen LogP contribution in [0.4, 0.5) is 10.5 Å². The molecule has 0 unspecified atom stereocenters. The summed E-state index contributed by atoms with van der Waals surface area (Å²) in [6.07, 6.45) is 0. The molecule has 4 N–H and O–H groups in total. The molecule has 0 aliphatic heterocycles. The summed E-state index contributed by atoms with van der Waals surface area (Å²) in [5.74, 6) is 1.55. The largest absolute Gasteiger partial charge is 0.506 e. The first-order valence-corrected chi connectivity index (χ1v) is 8.59. The number of para-hydroxylation sites is 2. The monoisotopic (exact) mass is 374 g/mol. The molecule has 0 heterocycles. The van der Waals surface area contributed by atoms with Crippen molar-refractivity contribution in [1.29, 1.82) is 0 Å². The van der Waals surface area contributed by atoms with Crippen LogP contribution in [0.25, 0.3) is 0 Å². The fourth-order valence-electron chi connectivity index (χ4n) is 2.45. The Hall–Kier alpha value is -3.13. The number of benzene rings is 2. The summed E-state index contributed by atoms with van der Waals surface area (Å²) in [5, 5.41) is 12.9. The summed E-state index contributed by atoms with van der Waals surface area (Å²) in [4.78, 5) is 13.9. The second-order valence-electron chi connectivity index (χ2n) is 5.69. The molecule has 2 amide bonds. The lowest BCUT2D eigenvalue weighted by Crippen LogP contribution is -2.46. The zero-order valence-corrected chi connectivity index (χ0v) is 15.8. The third-order valence-corrected chi connectivity index (χ3v) is 3.98. The molecule has 146 valence electrons. The van der Waals surface area contributed by atoms with E-state index in [1.54, 1.807) is 37.3 Å². The molecule has 0 aliphatic rings. The van der Waals surface area contributed by atoms with E-state index in [1.165, 1.54) is 6.07 Å². The summed E-state index contributed by atoms with van der Waals surface area (Å²) in [7, 11) is 3.22. The molecule has 2 aromatic carbocycles. The normalized spacial score (nSPS) is 10.2. The van der Waals surface area contributed by atoms with Crippen LogP contribution in [0.15, 0.2) is 42.5 Å². The van der Waals surface area contributed by atoms with Crippen molar-refractivity contribution in [2.45, 2.75) is 13.5 Å². The van der Waals surface area contributed by atoms with Gasteiger partial charge in [-0.2, -0.15) is 0 Å². The van der Waals surface area contributed by atoms with Gasteiger partial charge in [-0.3, -0.25) is 16.2 Å². The third-order valence-electron chi connectivity index (χ3n) is 3.98. The van der Waals surface area contributed by atoms with E-state index in [2.05, 4.69) is 16.2 Å². The molecule has 0 aliphatic carbocycles. The zero-order valence-electron chi connectivity index (χ0n) is 15.8. The van der Waals surface area contributed by atoms with Gasteiger partial charge in [-0.15, -0.1) is 0 Å². The van der Waals surface area contributed by atoms with Crippen LogP contribution in [0.5, 0.6) is 17.2 Å². The standard InChI is InChI=1S/C19H26N4O4/c1-4-23(19(25)22-21-16-7-5-6-8-17(16)24)13-20-12-14-11-15(26-2)9-10-18(14)27-3/h5-11,20-21,24H,4,12-13H2,1-3H3,(H,22,25). The fraction of sp³-hybridized carbons (Fsp3) is 0.316. The lowest BCUT2D eigenvalue weighted by Gasteiger charge is -2.23. The highest BCUT2D eigenvalue weighted by molar-refractivity contribution is 5.76. The summed E-state index contributed by atoms with van der Waals surface area (Å²) in [5.41, 5.74) is 6.64. The van der Waals surface area contributed by atoms with Crippen molar-refractivity contribution in [1.82, 2.24) is 15.6 Å². The maximum atomic E-state index is 12.3. The Morgan fingerprint density at radius 3 is 2.59 bits per heavy atom. The quantitative estimate of drug-likeness (QED) is 0.306. The number of methoxy groups -OCH3 is 2. The molecule has 0 atom stereocenters. The van der Waals surface area contributed by atoms with E-state index >= 15 is 0 Å². The summed E-state index contributed by atoms with van der Waals surface area (Å²) in [6, 6.07) is 11.9. The number of urea groups is 1. The first kappa shape index (κ1) is 20.2. The average molecular weight is 374 g/mol. The van der Waals surface area contributed by atoms with Gasteiger partial charge in [0.2, 0.25) is 0 Å². The van der Waals surface area contributed by atoms with Gasteiger partial charge in [-0.05, 0) is 37.3 Å². The van der Waals surface area contributed by atoms with Gasteiger partial charge in [0.05, 0.1) is 26.6 Å². The van der Waals surface area contributed by atoms with E-state index in [1.807, 2.05) is 25.1 Å². The number of ether oxygens (including phenoxy) is 2. The van der Waals surface area contributed by atoms with E-state index in [9.17, 15) is 9.90 Å². The smallest absolute Gasteiger partial charge is 0.337 e. The topological polar surface area (TPSA) is 95.1 Å². The number of nitrogens with one attached hydrogen (secondary N) is 3.